The molecule has 0 atom stereocenters. The first-order chi connectivity index (χ1) is 15.9. The number of carbonyl (C=O) groups excluding carboxylic acids is 1. The molecule has 0 unspecified atom stereocenters. The Morgan fingerprint density at radius 1 is 1.18 bits per heavy atom. The molecule has 33 heavy (non-hydrogen) atoms. The zero-order valence-electron chi connectivity index (χ0n) is 17.4. The first-order valence-electron chi connectivity index (χ1n) is 9.86. The van der Waals surface area contributed by atoms with E-state index in [1.54, 1.807) is 36.4 Å². The summed E-state index contributed by atoms with van der Waals surface area (Å²) in [5.41, 5.74) is 0.555. The summed E-state index contributed by atoms with van der Waals surface area (Å²) in [5.74, 6) is 1.35. The van der Waals surface area contributed by atoms with E-state index in [-0.39, 0.29) is 11.7 Å². The number of aromatic nitrogens is 3. The first-order valence-corrected chi connectivity index (χ1v) is 12.8. The predicted octanol–water partition coefficient (Wildman–Crippen LogP) is 6.93. The van der Waals surface area contributed by atoms with Crippen LogP contribution < -0.4 is 10.1 Å². The monoisotopic (exact) mass is 588 g/mol. The number of rotatable bonds is 11. The Kier molecular flexibility index (Phi) is 9.94. The molecule has 2 aromatic carbocycles. The summed E-state index contributed by atoms with van der Waals surface area (Å²) in [6, 6.07) is 10.4. The van der Waals surface area contributed by atoms with Gasteiger partial charge in [0.25, 0.3) is 0 Å². The normalized spacial score (nSPS) is 10.8. The second kappa shape index (κ2) is 12.7. The number of nitrogens with one attached hydrogen (secondary N) is 1. The van der Waals surface area contributed by atoms with Gasteiger partial charge in [0.15, 0.2) is 5.16 Å². The molecule has 11 heteroatoms. The molecule has 0 fully saturated rings. The lowest BCUT2D eigenvalue weighted by atomic mass is 10.3. The maximum Gasteiger partial charge on any atom is 0.234 e. The van der Waals surface area contributed by atoms with E-state index >= 15 is 0 Å². The van der Waals surface area contributed by atoms with E-state index in [1.807, 2.05) is 10.6 Å². The van der Waals surface area contributed by atoms with Crippen LogP contribution in [0.25, 0.3) is 0 Å². The van der Waals surface area contributed by atoms with Gasteiger partial charge in [0.1, 0.15) is 11.6 Å². The third-order valence-corrected chi connectivity index (χ3v) is 6.64. The van der Waals surface area contributed by atoms with Crippen molar-refractivity contribution in [3.05, 3.63) is 74.4 Å². The van der Waals surface area contributed by atoms with Crippen molar-refractivity contribution in [2.45, 2.75) is 24.5 Å². The average molecular weight is 591 g/mol. The molecule has 0 aliphatic carbocycles. The number of carbonyl (C=O) groups is 1. The van der Waals surface area contributed by atoms with Gasteiger partial charge < -0.3 is 14.6 Å². The third kappa shape index (κ3) is 7.65. The number of allylic oxidation sites excluding steroid dienone is 1. The molecule has 1 heterocycles. The minimum Gasteiger partial charge on any atom is -0.492 e. The van der Waals surface area contributed by atoms with E-state index in [4.69, 9.17) is 39.5 Å². The molecule has 0 radical (unpaired) electrons. The maximum atomic E-state index is 12.4. The zero-order valence-corrected chi connectivity index (χ0v) is 22.0. The van der Waals surface area contributed by atoms with E-state index in [9.17, 15) is 4.79 Å². The Morgan fingerprint density at radius 2 is 2.00 bits per heavy atom. The largest absolute Gasteiger partial charge is 0.492 e. The summed E-state index contributed by atoms with van der Waals surface area (Å²) in [7, 11) is 0. The Balaban J connectivity index is 1.53. The van der Waals surface area contributed by atoms with Crippen molar-refractivity contribution in [2.24, 2.45) is 0 Å². The van der Waals surface area contributed by atoms with Gasteiger partial charge in [-0.15, -0.1) is 16.8 Å². The second-order valence-corrected chi connectivity index (χ2v) is 9.89. The molecule has 0 saturated heterocycles. The van der Waals surface area contributed by atoms with Crippen LogP contribution in [-0.2, 0) is 17.8 Å². The Morgan fingerprint density at radius 3 is 2.73 bits per heavy atom. The van der Waals surface area contributed by atoms with Crippen LogP contribution in [0.15, 0.2) is 58.7 Å². The molecule has 6 nitrogen and oxygen atoms in total. The molecule has 1 N–H and O–H groups in total. The van der Waals surface area contributed by atoms with Crippen LogP contribution >= 0.6 is 62.5 Å². The van der Waals surface area contributed by atoms with Gasteiger partial charge in [0.05, 0.1) is 28.1 Å². The van der Waals surface area contributed by atoms with Crippen molar-refractivity contribution in [1.29, 1.82) is 0 Å². The third-order valence-electron chi connectivity index (χ3n) is 4.34. The number of hydrogen-bond donors (Lipinski definition) is 1. The summed E-state index contributed by atoms with van der Waals surface area (Å²) >= 11 is 22.8. The highest BCUT2D eigenvalue weighted by Crippen LogP contribution is 2.28. The molecule has 174 valence electrons. The van der Waals surface area contributed by atoms with E-state index < -0.39 is 0 Å². The van der Waals surface area contributed by atoms with Crippen molar-refractivity contribution in [2.75, 3.05) is 17.7 Å². The van der Waals surface area contributed by atoms with Crippen LogP contribution in [0.2, 0.25) is 15.1 Å². The molecular formula is C22H20BrCl3N4O2S. The fraction of sp³-hybridized carbons (Fsp3) is 0.227. The minimum atomic E-state index is -0.188. The number of benzene rings is 2. The van der Waals surface area contributed by atoms with Crippen molar-refractivity contribution in [3.8, 4) is 5.75 Å². The topological polar surface area (TPSA) is 69.0 Å². The number of hydrogen-bond acceptors (Lipinski definition) is 5. The molecular weight excluding hydrogens is 571 g/mol. The molecule has 0 bridgehead atoms. The standard InChI is InChI=1S/C22H20BrCl3N4O2S/c1-2-9-30-20(4-3-10-32-19-8-6-15(24)12-17(19)26)28-29-22(30)33-13-21(31)27-18-7-5-14(23)11-16(18)25/h2,5-8,11-12H,1,3-4,9-10,13H2,(H,27,31). The number of thioether (sulfide) groups is 1. The summed E-state index contributed by atoms with van der Waals surface area (Å²) in [6.07, 6.45) is 3.12. The first kappa shape index (κ1) is 25.9. The smallest absolute Gasteiger partial charge is 0.234 e. The molecule has 3 aromatic rings. The summed E-state index contributed by atoms with van der Waals surface area (Å²) in [5, 5.41) is 13.5. The Hall–Kier alpha value is -1.71. The Bertz CT molecular complexity index is 1140. The number of aryl methyl sites for hydroxylation is 1. The highest BCUT2D eigenvalue weighted by molar-refractivity contribution is 9.10. The van der Waals surface area contributed by atoms with Crippen LogP contribution in [0.3, 0.4) is 0 Å². The molecule has 0 spiro atoms. The molecule has 0 aliphatic rings. The van der Waals surface area contributed by atoms with Crippen LogP contribution in [-0.4, -0.2) is 33.0 Å². The van der Waals surface area contributed by atoms with Gasteiger partial charge in [0.2, 0.25) is 5.91 Å². The molecule has 1 amide bonds. The number of halogens is 4. The number of anilines is 1. The van der Waals surface area contributed by atoms with Gasteiger partial charge in [-0.2, -0.15) is 0 Å². The molecule has 0 saturated carbocycles. The maximum absolute atomic E-state index is 12.4. The fourth-order valence-corrected chi connectivity index (χ4v) is 4.79. The highest BCUT2D eigenvalue weighted by Gasteiger charge is 2.14. The molecule has 0 aliphatic heterocycles. The van der Waals surface area contributed by atoms with E-state index in [0.29, 0.717) is 57.7 Å². The fourth-order valence-electron chi connectivity index (χ4n) is 2.84. The summed E-state index contributed by atoms with van der Waals surface area (Å²) in [4.78, 5) is 12.4. The van der Waals surface area contributed by atoms with Crippen LogP contribution in [0.5, 0.6) is 5.75 Å². The average Bonchev–Trinajstić information content (AvgIpc) is 3.15. The summed E-state index contributed by atoms with van der Waals surface area (Å²) < 4.78 is 8.51. The van der Waals surface area contributed by atoms with E-state index in [0.717, 1.165) is 10.3 Å². The number of nitrogens with zero attached hydrogens (tertiary/aromatic N) is 3. The van der Waals surface area contributed by atoms with Crippen LogP contribution in [0.1, 0.15) is 12.2 Å². The van der Waals surface area contributed by atoms with Gasteiger partial charge in [-0.25, -0.2) is 0 Å². The van der Waals surface area contributed by atoms with E-state index in [2.05, 4.69) is 38.0 Å². The van der Waals surface area contributed by atoms with Gasteiger partial charge >= 0.3 is 0 Å². The van der Waals surface area contributed by atoms with Gasteiger partial charge in [-0.1, -0.05) is 68.6 Å². The summed E-state index contributed by atoms with van der Waals surface area (Å²) in [6.45, 7) is 4.80. The minimum absolute atomic E-state index is 0.167. The van der Waals surface area contributed by atoms with Crippen molar-refractivity contribution < 1.29 is 9.53 Å². The van der Waals surface area contributed by atoms with Crippen LogP contribution in [0.4, 0.5) is 5.69 Å². The van der Waals surface area contributed by atoms with Gasteiger partial charge in [0, 0.05) is 22.5 Å². The van der Waals surface area contributed by atoms with Crippen molar-refractivity contribution in [3.63, 3.8) is 0 Å². The van der Waals surface area contributed by atoms with Gasteiger partial charge in [-0.3, -0.25) is 4.79 Å². The lowest BCUT2D eigenvalue weighted by Crippen LogP contribution is -2.15. The highest BCUT2D eigenvalue weighted by atomic mass is 79.9. The quantitative estimate of drug-likeness (QED) is 0.149. The Labute approximate surface area is 219 Å². The second-order valence-electron chi connectivity index (χ2n) is 6.79. The van der Waals surface area contributed by atoms with Crippen LogP contribution in [0, 0.1) is 0 Å². The molecule has 3 rings (SSSR count). The van der Waals surface area contributed by atoms with Crippen molar-refractivity contribution in [1.82, 2.24) is 14.8 Å². The number of amides is 1. The predicted molar refractivity (Wildman–Crippen MR) is 139 cm³/mol. The number of ether oxygens (including phenoxy) is 1. The van der Waals surface area contributed by atoms with E-state index in [1.165, 1.54) is 11.8 Å². The zero-order chi connectivity index (χ0) is 23.8. The van der Waals surface area contributed by atoms with Gasteiger partial charge in [-0.05, 0) is 42.8 Å². The SMILES string of the molecule is C=CCn1c(CCCOc2ccc(Cl)cc2Cl)nnc1SCC(=O)Nc1ccc(Br)cc1Cl. The molecule has 1 aromatic heterocycles. The lowest BCUT2D eigenvalue weighted by Gasteiger charge is -2.10. The lowest BCUT2D eigenvalue weighted by molar-refractivity contribution is -0.113. The van der Waals surface area contributed by atoms with Crippen molar-refractivity contribution >= 4 is 74.1 Å².